The maximum atomic E-state index is 12.8. The standard InChI is InChI=1S/C19H24FN3O3.HI/c1-25-17-6-2-14(3-7-17)10-11-22-19(21)23-12-16(24)13-26-18-8-4-15(20)5-9-18;/h2-9,16,24H,10-13H2,1H3,(H3,21,22,23);1H. The van der Waals surface area contributed by atoms with Gasteiger partial charge in [0.05, 0.1) is 13.7 Å². The molecule has 1 unspecified atom stereocenters. The fraction of sp³-hybridized carbons (Fsp3) is 0.316. The molecular weight excluding hydrogens is 464 g/mol. The molecule has 0 aliphatic carbocycles. The van der Waals surface area contributed by atoms with Gasteiger partial charge in [-0.05, 0) is 48.4 Å². The Morgan fingerprint density at radius 3 is 2.41 bits per heavy atom. The highest BCUT2D eigenvalue weighted by molar-refractivity contribution is 14.0. The topological polar surface area (TPSA) is 89.1 Å². The first-order valence-corrected chi connectivity index (χ1v) is 8.30. The van der Waals surface area contributed by atoms with Crippen LogP contribution in [0.2, 0.25) is 0 Å². The molecule has 148 valence electrons. The number of benzene rings is 2. The van der Waals surface area contributed by atoms with Gasteiger partial charge in [-0.2, -0.15) is 0 Å². The van der Waals surface area contributed by atoms with Gasteiger partial charge in [0.1, 0.15) is 30.0 Å². The zero-order valence-electron chi connectivity index (χ0n) is 15.1. The number of guanidine groups is 1. The van der Waals surface area contributed by atoms with E-state index in [4.69, 9.17) is 15.2 Å². The molecule has 8 heteroatoms. The third-order valence-electron chi connectivity index (χ3n) is 3.61. The van der Waals surface area contributed by atoms with E-state index in [-0.39, 0.29) is 48.9 Å². The predicted octanol–water partition coefficient (Wildman–Crippen LogP) is 2.34. The third-order valence-corrected chi connectivity index (χ3v) is 3.61. The van der Waals surface area contributed by atoms with Crippen LogP contribution in [0.1, 0.15) is 5.56 Å². The summed E-state index contributed by atoms with van der Waals surface area (Å²) in [6, 6.07) is 13.4. The molecule has 0 aliphatic heterocycles. The van der Waals surface area contributed by atoms with Gasteiger partial charge in [0.2, 0.25) is 0 Å². The van der Waals surface area contributed by atoms with Crippen molar-refractivity contribution in [1.82, 2.24) is 5.32 Å². The lowest BCUT2D eigenvalue weighted by Gasteiger charge is -2.11. The number of halogens is 2. The number of rotatable bonds is 9. The average molecular weight is 489 g/mol. The highest BCUT2D eigenvalue weighted by Gasteiger charge is 2.05. The zero-order chi connectivity index (χ0) is 18.8. The van der Waals surface area contributed by atoms with E-state index in [1.807, 2.05) is 24.3 Å². The third kappa shape index (κ3) is 8.91. The Kier molecular flexibility index (Phi) is 10.5. The monoisotopic (exact) mass is 489 g/mol. The van der Waals surface area contributed by atoms with Crippen LogP contribution in [0.25, 0.3) is 0 Å². The van der Waals surface area contributed by atoms with E-state index in [1.54, 1.807) is 7.11 Å². The molecule has 0 saturated carbocycles. The molecule has 0 aromatic heterocycles. The highest BCUT2D eigenvalue weighted by atomic mass is 127. The summed E-state index contributed by atoms with van der Waals surface area (Å²) in [6.07, 6.45) is -0.0156. The van der Waals surface area contributed by atoms with Gasteiger partial charge >= 0.3 is 0 Å². The number of hydrogen-bond donors (Lipinski definition) is 3. The molecule has 0 fully saturated rings. The van der Waals surface area contributed by atoms with Crippen molar-refractivity contribution in [3.05, 3.63) is 59.9 Å². The summed E-state index contributed by atoms with van der Waals surface area (Å²) < 4.78 is 23.3. The van der Waals surface area contributed by atoms with Gasteiger partial charge in [-0.25, -0.2) is 4.39 Å². The van der Waals surface area contributed by atoms with Gasteiger partial charge in [0, 0.05) is 6.54 Å². The quantitative estimate of drug-likeness (QED) is 0.286. The van der Waals surface area contributed by atoms with Crippen molar-refractivity contribution < 1.29 is 19.0 Å². The summed E-state index contributed by atoms with van der Waals surface area (Å²) >= 11 is 0. The molecule has 2 rings (SSSR count). The summed E-state index contributed by atoms with van der Waals surface area (Å²) in [7, 11) is 1.63. The second-order valence-electron chi connectivity index (χ2n) is 5.67. The average Bonchev–Trinajstić information content (AvgIpc) is 2.66. The number of aliphatic hydroxyl groups is 1. The lowest BCUT2D eigenvalue weighted by Crippen LogP contribution is -2.34. The second-order valence-corrected chi connectivity index (χ2v) is 5.67. The van der Waals surface area contributed by atoms with E-state index < -0.39 is 6.10 Å². The number of nitrogens with zero attached hydrogens (tertiary/aromatic N) is 1. The van der Waals surface area contributed by atoms with Gasteiger partial charge < -0.3 is 25.6 Å². The van der Waals surface area contributed by atoms with Crippen LogP contribution in [0.15, 0.2) is 53.5 Å². The second kappa shape index (κ2) is 12.3. The first-order valence-electron chi connectivity index (χ1n) is 8.30. The number of nitrogens with one attached hydrogen (secondary N) is 1. The van der Waals surface area contributed by atoms with Crippen molar-refractivity contribution in [2.24, 2.45) is 10.7 Å². The Morgan fingerprint density at radius 1 is 1.15 bits per heavy atom. The lowest BCUT2D eigenvalue weighted by molar-refractivity contribution is 0.114. The van der Waals surface area contributed by atoms with Crippen molar-refractivity contribution in [3.63, 3.8) is 0 Å². The van der Waals surface area contributed by atoms with Gasteiger partial charge in [-0.1, -0.05) is 12.1 Å². The molecule has 1 atom stereocenters. The molecule has 0 saturated heterocycles. The SMILES string of the molecule is COc1ccc(CCNC(N)=NCC(O)COc2ccc(F)cc2)cc1.I. The summed E-state index contributed by atoms with van der Waals surface area (Å²) in [4.78, 5) is 4.08. The van der Waals surface area contributed by atoms with Crippen molar-refractivity contribution in [2.75, 3.05) is 26.8 Å². The number of hydrogen-bond acceptors (Lipinski definition) is 4. The molecule has 0 spiro atoms. The summed E-state index contributed by atoms with van der Waals surface area (Å²) in [5.41, 5.74) is 6.93. The Morgan fingerprint density at radius 2 is 1.78 bits per heavy atom. The molecule has 27 heavy (non-hydrogen) atoms. The number of ether oxygens (including phenoxy) is 2. The highest BCUT2D eigenvalue weighted by Crippen LogP contribution is 2.12. The van der Waals surface area contributed by atoms with E-state index in [0.29, 0.717) is 12.3 Å². The smallest absolute Gasteiger partial charge is 0.188 e. The minimum absolute atomic E-state index is 0. The number of aliphatic hydroxyl groups excluding tert-OH is 1. The number of methoxy groups -OCH3 is 1. The van der Waals surface area contributed by atoms with E-state index in [2.05, 4.69) is 10.3 Å². The van der Waals surface area contributed by atoms with Crippen LogP contribution in [0.5, 0.6) is 11.5 Å². The fourth-order valence-corrected chi connectivity index (χ4v) is 2.16. The van der Waals surface area contributed by atoms with E-state index in [9.17, 15) is 9.50 Å². The first-order chi connectivity index (χ1) is 12.6. The summed E-state index contributed by atoms with van der Waals surface area (Å²) in [5.74, 6) is 1.23. The van der Waals surface area contributed by atoms with Gasteiger partial charge in [-0.15, -0.1) is 24.0 Å². The van der Waals surface area contributed by atoms with Crippen molar-refractivity contribution >= 4 is 29.9 Å². The molecule has 2 aromatic carbocycles. The zero-order valence-corrected chi connectivity index (χ0v) is 17.4. The van der Waals surface area contributed by atoms with Crippen molar-refractivity contribution in [1.29, 1.82) is 0 Å². The van der Waals surface area contributed by atoms with Crippen LogP contribution in [0.4, 0.5) is 4.39 Å². The maximum Gasteiger partial charge on any atom is 0.188 e. The molecular formula is C19H25FIN3O3. The Labute approximate surface area is 175 Å². The Balaban J connectivity index is 0.00000364. The van der Waals surface area contributed by atoms with Crippen LogP contribution >= 0.6 is 24.0 Å². The lowest BCUT2D eigenvalue weighted by atomic mass is 10.1. The maximum absolute atomic E-state index is 12.8. The molecule has 0 amide bonds. The molecule has 0 bridgehead atoms. The van der Waals surface area contributed by atoms with Gasteiger partial charge in [-0.3, -0.25) is 4.99 Å². The van der Waals surface area contributed by atoms with E-state index in [1.165, 1.54) is 24.3 Å². The minimum atomic E-state index is -0.804. The first kappa shape index (κ1) is 23.0. The minimum Gasteiger partial charge on any atom is -0.497 e. The molecule has 0 aliphatic rings. The molecule has 0 heterocycles. The molecule has 2 aromatic rings. The Bertz CT molecular complexity index is 696. The number of aliphatic imine (C=N–C) groups is 1. The Hall–Kier alpha value is -2.07. The molecule has 4 N–H and O–H groups in total. The summed E-state index contributed by atoms with van der Waals surface area (Å²) in [5, 5.41) is 12.9. The van der Waals surface area contributed by atoms with Gasteiger partial charge in [0.15, 0.2) is 5.96 Å². The fourth-order valence-electron chi connectivity index (χ4n) is 2.16. The number of nitrogens with two attached hydrogens (primary N) is 1. The van der Waals surface area contributed by atoms with Crippen LogP contribution in [0.3, 0.4) is 0 Å². The van der Waals surface area contributed by atoms with Gasteiger partial charge in [0.25, 0.3) is 0 Å². The molecule has 6 nitrogen and oxygen atoms in total. The van der Waals surface area contributed by atoms with Crippen LogP contribution in [0, 0.1) is 5.82 Å². The van der Waals surface area contributed by atoms with Crippen molar-refractivity contribution in [3.8, 4) is 11.5 Å². The summed E-state index contributed by atoms with van der Waals surface area (Å²) in [6.45, 7) is 0.792. The normalized spacial score (nSPS) is 12.0. The van der Waals surface area contributed by atoms with E-state index >= 15 is 0 Å². The van der Waals surface area contributed by atoms with Crippen LogP contribution in [-0.2, 0) is 6.42 Å². The van der Waals surface area contributed by atoms with Crippen LogP contribution in [-0.4, -0.2) is 44.0 Å². The van der Waals surface area contributed by atoms with E-state index in [0.717, 1.165) is 17.7 Å². The van der Waals surface area contributed by atoms with Crippen molar-refractivity contribution in [2.45, 2.75) is 12.5 Å². The molecule has 0 radical (unpaired) electrons. The van der Waals surface area contributed by atoms with Crippen LogP contribution < -0.4 is 20.5 Å². The predicted molar refractivity (Wildman–Crippen MR) is 115 cm³/mol. The largest absolute Gasteiger partial charge is 0.497 e.